The molecular weight excluding hydrogens is 212 g/mol. The van der Waals surface area contributed by atoms with Gasteiger partial charge in [-0.3, -0.25) is 4.90 Å². The molecule has 0 atom stereocenters. The number of rotatable bonds is 4. The van der Waals surface area contributed by atoms with Gasteiger partial charge in [0, 0.05) is 18.3 Å². The molecule has 0 amide bonds. The molecule has 1 aromatic carbocycles. The second-order valence-electron chi connectivity index (χ2n) is 4.83. The van der Waals surface area contributed by atoms with E-state index in [9.17, 15) is 0 Å². The van der Waals surface area contributed by atoms with Gasteiger partial charge in [0.05, 0.1) is 0 Å². The van der Waals surface area contributed by atoms with Gasteiger partial charge in [-0.1, -0.05) is 6.42 Å². The number of anilines is 1. The Morgan fingerprint density at radius 1 is 1.18 bits per heavy atom. The van der Waals surface area contributed by atoms with E-state index in [0.717, 1.165) is 30.2 Å². The molecule has 94 valence electrons. The van der Waals surface area contributed by atoms with Gasteiger partial charge in [-0.2, -0.15) is 0 Å². The van der Waals surface area contributed by atoms with Crippen molar-refractivity contribution in [3.8, 4) is 5.75 Å². The Hall–Kier alpha value is -1.22. The molecule has 0 aliphatic carbocycles. The fourth-order valence-corrected chi connectivity index (χ4v) is 2.34. The summed E-state index contributed by atoms with van der Waals surface area (Å²) >= 11 is 0. The first kappa shape index (κ1) is 12.2. The molecule has 1 aliphatic heterocycles. The molecule has 0 spiro atoms. The maximum atomic E-state index is 5.78. The molecule has 3 nitrogen and oxygen atoms in total. The Labute approximate surface area is 104 Å². The Balaban J connectivity index is 1.77. The molecule has 1 heterocycles. The molecule has 1 aromatic rings. The lowest BCUT2D eigenvalue weighted by Crippen LogP contribution is -2.33. The number of benzene rings is 1. The van der Waals surface area contributed by atoms with Gasteiger partial charge in [0.15, 0.2) is 0 Å². The highest BCUT2D eigenvalue weighted by atomic mass is 16.5. The first-order valence-electron chi connectivity index (χ1n) is 6.46. The summed E-state index contributed by atoms with van der Waals surface area (Å²) in [6.07, 6.45) is 4.04. The predicted octanol–water partition coefficient (Wildman–Crippen LogP) is 2.44. The van der Waals surface area contributed by atoms with Crippen LogP contribution < -0.4 is 10.5 Å². The van der Waals surface area contributed by atoms with Crippen molar-refractivity contribution < 1.29 is 4.74 Å². The highest BCUT2D eigenvalue weighted by Crippen LogP contribution is 2.18. The lowest BCUT2D eigenvalue weighted by atomic mass is 10.1. The minimum Gasteiger partial charge on any atom is -0.492 e. The Morgan fingerprint density at radius 3 is 2.65 bits per heavy atom. The number of nitrogen functional groups attached to an aromatic ring is 1. The third-order valence-electron chi connectivity index (χ3n) is 3.20. The number of nitrogens with zero attached hydrogens (tertiary/aromatic N) is 1. The summed E-state index contributed by atoms with van der Waals surface area (Å²) in [5.74, 6) is 0.888. The smallest absolute Gasteiger partial charge is 0.121 e. The van der Waals surface area contributed by atoms with Crippen molar-refractivity contribution in [3.63, 3.8) is 0 Å². The van der Waals surface area contributed by atoms with Crippen LogP contribution in [0.25, 0.3) is 0 Å². The number of piperidine rings is 1. The molecule has 0 bridgehead atoms. The van der Waals surface area contributed by atoms with E-state index in [-0.39, 0.29) is 0 Å². The first-order chi connectivity index (χ1) is 8.24. The standard InChI is InChI=1S/C14H22N2O/c1-12-9-13(15)11-14(10-12)17-8-7-16-5-3-2-4-6-16/h9-11H,2-8,15H2,1H3. The fraction of sp³-hybridized carbons (Fsp3) is 0.571. The van der Waals surface area contributed by atoms with Crippen LogP contribution in [0, 0.1) is 6.92 Å². The molecule has 2 rings (SSSR count). The summed E-state index contributed by atoms with van der Waals surface area (Å²) in [6, 6.07) is 5.88. The molecule has 0 aromatic heterocycles. The van der Waals surface area contributed by atoms with E-state index in [4.69, 9.17) is 10.5 Å². The highest BCUT2D eigenvalue weighted by molar-refractivity contribution is 5.47. The average Bonchev–Trinajstić information content (AvgIpc) is 2.29. The monoisotopic (exact) mass is 234 g/mol. The van der Waals surface area contributed by atoms with Crippen molar-refractivity contribution in [1.29, 1.82) is 0 Å². The molecule has 1 aliphatic rings. The van der Waals surface area contributed by atoms with Crippen LogP contribution in [0.1, 0.15) is 24.8 Å². The third-order valence-corrected chi connectivity index (χ3v) is 3.20. The van der Waals surface area contributed by atoms with Crippen molar-refractivity contribution in [2.45, 2.75) is 26.2 Å². The van der Waals surface area contributed by atoms with Gasteiger partial charge in [0.25, 0.3) is 0 Å². The van der Waals surface area contributed by atoms with Crippen LogP contribution in [0.4, 0.5) is 5.69 Å². The van der Waals surface area contributed by atoms with Crippen molar-refractivity contribution in [1.82, 2.24) is 4.90 Å². The third kappa shape index (κ3) is 3.93. The molecule has 17 heavy (non-hydrogen) atoms. The maximum absolute atomic E-state index is 5.78. The van der Waals surface area contributed by atoms with Crippen LogP contribution >= 0.6 is 0 Å². The van der Waals surface area contributed by atoms with Gasteiger partial charge in [0.1, 0.15) is 12.4 Å². The van der Waals surface area contributed by atoms with Crippen LogP contribution in [0.3, 0.4) is 0 Å². The van der Waals surface area contributed by atoms with Crippen molar-refractivity contribution >= 4 is 5.69 Å². The number of hydrogen-bond donors (Lipinski definition) is 1. The molecule has 0 unspecified atom stereocenters. The van der Waals surface area contributed by atoms with Gasteiger partial charge < -0.3 is 10.5 Å². The van der Waals surface area contributed by atoms with Gasteiger partial charge in [-0.05, 0) is 50.6 Å². The molecular formula is C14H22N2O. The van der Waals surface area contributed by atoms with E-state index in [1.807, 2.05) is 25.1 Å². The minimum atomic E-state index is 0.753. The van der Waals surface area contributed by atoms with Crippen LogP contribution in [-0.2, 0) is 0 Å². The summed E-state index contributed by atoms with van der Waals surface area (Å²) in [5, 5.41) is 0. The SMILES string of the molecule is Cc1cc(N)cc(OCCN2CCCCC2)c1. The quantitative estimate of drug-likeness (QED) is 0.813. The maximum Gasteiger partial charge on any atom is 0.121 e. The predicted molar refractivity (Wildman–Crippen MR) is 71.4 cm³/mol. The number of likely N-dealkylation sites (tertiary alicyclic amines) is 1. The number of ether oxygens (including phenoxy) is 1. The Kier molecular flexibility index (Phi) is 4.26. The summed E-state index contributed by atoms with van der Waals surface area (Å²) in [4.78, 5) is 2.47. The second kappa shape index (κ2) is 5.92. The van der Waals surface area contributed by atoms with E-state index in [1.54, 1.807) is 0 Å². The summed E-state index contributed by atoms with van der Waals surface area (Å²) in [6.45, 7) is 6.25. The number of hydrogen-bond acceptors (Lipinski definition) is 3. The number of aryl methyl sites for hydroxylation is 1. The summed E-state index contributed by atoms with van der Waals surface area (Å²) in [5.41, 5.74) is 7.71. The zero-order valence-electron chi connectivity index (χ0n) is 10.6. The van der Waals surface area contributed by atoms with Crippen LogP contribution in [0.15, 0.2) is 18.2 Å². The molecule has 0 radical (unpaired) electrons. The fourth-order valence-electron chi connectivity index (χ4n) is 2.34. The molecule has 1 saturated heterocycles. The van der Waals surface area contributed by atoms with E-state index in [2.05, 4.69) is 4.90 Å². The molecule has 1 fully saturated rings. The first-order valence-corrected chi connectivity index (χ1v) is 6.46. The van der Waals surface area contributed by atoms with Crippen molar-refractivity contribution in [3.05, 3.63) is 23.8 Å². The zero-order valence-corrected chi connectivity index (χ0v) is 10.6. The summed E-state index contributed by atoms with van der Waals surface area (Å²) in [7, 11) is 0. The summed E-state index contributed by atoms with van der Waals surface area (Å²) < 4.78 is 5.75. The molecule has 2 N–H and O–H groups in total. The van der Waals surface area contributed by atoms with Crippen LogP contribution in [-0.4, -0.2) is 31.1 Å². The van der Waals surface area contributed by atoms with Gasteiger partial charge >= 0.3 is 0 Å². The second-order valence-corrected chi connectivity index (χ2v) is 4.83. The van der Waals surface area contributed by atoms with Crippen molar-refractivity contribution in [2.24, 2.45) is 0 Å². The van der Waals surface area contributed by atoms with E-state index >= 15 is 0 Å². The largest absolute Gasteiger partial charge is 0.492 e. The van der Waals surface area contributed by atoms with Gasteiger partial charge in [-0.15, -0.1) is 0 Å². The molecule has 0 saturated carbocycles. The van der Waals surface area contributed by atoms with E-state index in [1.165, 1.54) is 32.4 Å². The molecule has 3 heteroatoms. The average molecular weight is 234 g/mol. The van der Waals surface area contributed by atoms with Crippen LogP contribution in [0.5, 0.6) is 5.75 Å². The zero-order chi connectivity index (χ0) is 12.1. The Morgan fingerprint density at radius 2 is 1.94 bits per heavy atom. The van der Waals surface area contributed by atoms with Gasteiger partial charge in [-0.25, -0.2) is 0 Å². The Bertz CT molecular complexity index is 339. The van der Waals surface area contributed by atoms with E-state index < -0.39 is 0 Å². The van der Waals surface area contributed by atoms with Crippen LogP contribution in [0.2, 0.25) is 0 Å². The highest BCUT2D eigenvalue weighted by Gasteiger charge is 2.09. The van der Waals surface area contributed by atoms with Gasteiger partial charge in [0.2, 0.25) is 0 Å². The van der Waals surface area contributed by atoms with E-state index in [0.29, 0.717) is 0 Å². The minimum absolute atomic E-state index is 0.753. The topological polar surface area (TPSA) is 38.5 Å². The normalized spacial score (nSPS) is 17.0. The lowest BCUT2D eigenvalue weighted by molar-refractivity contribution is 0.183. The lowest BCUT2D eigenvalue weighted by Gasteiger charge is -2.26. The number of nitrogens with two attached hydrogens (primary N) is 1. The van der Waals surface area contributed by atoms with Crippen molar-refractivity contribution in [2.75, 3.05) is 32.0 Å².